The van der Waals surface area contributed by atoms with Gasteiger partial charge in [-0.05, 0) is 24.5 Å². The van der Waals surface area contributed by atoms with Gasteiger partial charge in [0.2, 0.25) is 5.91 Å². The van der Waals surface area contributed by atoms with Gasteiger partial charge in [-0.2, -0.15) is 5.26 Å². The van der Waals surface area contributed by atoms with Crippen LogP contribution in [-0.2, 0) is 11.3 Å². The molecule has 0 bridgehead atoms. The Labute approximate surface area is 107 Å². The normalized spacial score (nSPS) is 17.7. The molecule has 1 aromatic rings. The molecule has 0 aromatic carbocycles. The smallest absolute Gasteiger partial charge is 0.240 e. The second-order valence-electron chi connectivity index (χ2n) is 4.80. The molecule has 1 saturated carbocycles. The molecular weight excluding hydrogens is 226 g/mol. The molecular formula is C14H17N3O. The van der Waals surface area contributed by atoms with Gasteiger partial charge in [-0.1, -0.05) is 25.3 Å². The van der Waals surface area contributed by atoms with E-state index in [4.69, 9.17) is 0 Å². The zero-order valence-electron chi connectivity index (χ0n) is 10.4. The summed E-state index contributed by atoms with van der Waals surface area (Å²) in [6.07, 6.45) is 7.84. The second kappa shape index (κ2) is 5.63. The first-order valence-corrected chi connectivity index (χ1v) is 6.35. The van der Waals surface area contributed by atoms with E-state index >= 15 is 0 Å². The highest BCUT2D eigenvalue weighted by Crippen LogP contribution is 2.35. The zero-order chi connectivity index (χ0) is 12.8. The minimum atomic E-state index is -0.805. The van der Waals surface area contributed by atoms with Crippen molar-refractivity contribution in [1.82, 2.24) is 10.3 Å². The second-order valence-corrected chi connectivity index (χ2v) is 4.80. The van der Waals surface area contributed by atoms with E-state index in [0.717, 1.165) is 24.8 Å². The molecule has 18 heavy (non-hydrogen) atoms. The molecule has 0 saturated heterocycles. The molecule has 1 N–H and O–H groups in total. The first-order valence-electron chi connectivity index (χ1n) is 6.35. The fraction of sp³-hybridized carbons (Fsp3) is 0.500. The van der Waals surface area contributed by atoms with Crippen LogP contribution in [0, 0.1) is 16.7 Å². The standard InChI is InChI=1S/C14H17N3O/c15-11-14(6-2-1-3-7-14)13(18)17-10-12-5-4-8-16-9-12/h4-5,8-9H,1-3,6-7,10H2,(H,17,18). The first-order chi connectivity index (χ1) is 8.77. The molecule has 1 heterocycles. The Balaban J connectivity index is 1.97. The molecule has 4 nitrogen and oxygen atoms in total. The fourth-order valence-electron chi connectivity index (χ4n) is 2.40. The van der Waals surface area contributed by atoms with Gasteiger partial charge < -0.3 is 5.32 Å². The van der Waals surface area contributed by atoms with Crippen LogP contribution in [0.5, 0.6) is 0 Å². The monoisotopic (exact) mass is 243 g/mol. The van der Waals surface area contributed by atoms with Gasteiger partial charge in [-0.15, -0.1) is 0 Å². The summed E-state index contributed by atoms with van der Waals surface area (Å²) in [7, 11) is 0. The van der Waals surface area contributed by atoms with E-state index in [0.29, 0.717) is 19.4 Å². The maximum atomic E-state index is 12.2. The van der Waals surface area contributed by atoms with Crippen LogP contribution in [0.15, 0.2) is 24.5 Å². The maximum absolute atomic E-state index is 12.2. The Kier molecular flexibility index (Phi) is 3.93. The summed E-state index contributed by atoms with van der Waals surface area (Å²) in [5.41, 5.74) is 0.148. The first kappa shape index (κ1) is 12.6. The topological polar surface area (TPSA) is 65.8 Å². The molecule has 0 spiro atoms. The fourth-order valence-corrected chi connectivity index (χ4v) is 2.40. The molecule has 1 fully saturated rings. The Morgan fingerprint density at radius 2 is 2.22 bits per heavy atom. The van der Waals surface area contributed by atoms with Crippen LogP contribution in [0.3, 0.4) is 0 Å². The molecule has 1 aliphatic carbocycles. The van der Waals surface area contributed by atoms with E-state index < -0.39 is 5.41 Å². The van der Waals surface area contributed by atoms with E-state index in [9.17, 15) is 10.1 Å². The number of nitrogens with one attached hydrogen (secondary N) is 1. The number of hydrogen-bond donors (Lipinski definition) is 1. The molecule has 1 aliphatic rings. The Morgan fingerprint density at radius 1 is 1.44 bits per heavy atom. The zero-order valence-corrected chi connectivity index (χ0v) is 10.4. The van der Waals surface area contributed by atoms with Crippen LogP contribution < -0.4 is 5.32 Å². The molecule has 1 amide bonds. The average Bonchev–Trinajstić information content (AvgIpc) is 2.46. The van der Waals surface area contributed by atoms with E-state index in [1.165, 1.54) is 0 Å². The van der Waals surface area contributed by atoms with Gasteiger partial charge in [0.05, 0.1) is 6.07 Å². The lowest BCUT2D eigenvalue weighted by atomic mass is 9.74. The molecule has 0 unspecified atom stereocenters. The van der Waals surface area contributed by atoms with Crippen molar-refractivity contribution in [2.45, 2.75) is 38.6 Å². The van der Waals surface area contributed by atoms with E-state index in [-0.39, 0.29) is 5.91 Å². The van der Waals surface area contributed by atoms with Gasteiger partial charge in [0.15, 0.2) is 0 Å². The van der Waals surface area contributed by atoms with Crippen LogP contribution in [0.25, 0.3) is 0 Å². The number of hydrogen-bond acceptors (Lipinski definition) is 3. The quantitative estimate of drug-likeness (QED) is 0.884. The number of nitrogens with zero attached hydrogens (tertiary/aromatic N) is 2. The van der Waals surface area contributed by atoms with Gasteiger partial charge in [0, 0.05) is 18.9 Å². The third kappa shape index (κ3) is 2.67. The summed E-state index contributed by atoms with van der Waals surface area (Å²) < 4.78 is 0. The number of rotatable bonds is 3. The van der Waals surface area contributed by atoms with Gasteiger partial charge in [-0.25, -0.2) is 0 Å². The molecule has 0 aliphatic heterocycles. The third-order valence-corrected chi connectivity index (χ3v) is 3.53. The van der Waals surface area contributed by atoms with Gasteiger partial charge >= 0.3 is 0 Å². The van der Waals surface area contributed by atoms with Crippen molar-refractivity contribution in [3.63, 3.8) is 0 Å². The van der Waals surface area contributed by atoms with Crippen molar-refractivity contribution >= 4 is 5.91 Å². The highest BCUT2D eigenvalue weighted by molar-refractivity contribution is 5.85. The summed E-state index contributed by atoms with van der Waals surface area (Å²) in [5.74, 6) is -0.131. The lowest BCUT2D eigenvalue weighted by Gasteiger charge is -2.29. The summed E-state index contributed by atoms with van der Waals surface area (Å²) in [4.78, 5) is 16.2. The number of amides is 1. The van der Waals surface area contributed by atoms with E-state index in [1.54, 1.807) is 12.4 Å². The van der Waals surface area contributed by atoms with E-state index in [2.05, 4.69) is 16.4 Å². The highest BCUT2D eigenvalue weighted by Gasteiger charge is 2.39. The van der Waals surface area contributed by atoms with Crippen LogP contribution in [0.2, 0.25) is 0 Å². The largest absolute Gasteiger partial charge is 0.351 e. The Hall–Kier alpha value is -1.89. The van der Waals surface area contributed by atoms with Crippen molar-refractivity contribution in [3.8, 4) is 6.07 Å². The lowest BCUT2D eigenvalue weighted by molar-refractivity contribution is -0.129. The van der Waals surface area contributed by atoms with Gasteiger partial charge in [0.1, 0.15) is 5.41 Å². The van der Waals surface area contributed by atoms with Gasteiger partial charge in [0.25, 0.3) is 0 Å². The average molecular weight is 243 g/mol. The van der Waals surface area contributed by atoms with E-state index in [1.807, 2.05) is 12.1 Å². The number of aromatic nitrogens is 1. The SMILES string of the molecule is N#CC1(C(=O)NCc2cccnc2)CCCCC1. The van der Waals surface area contributed by atoms with Crippen LogP contribution in [0.1, 0.15) is 37.7 Å². The Morgan fingerprint density at radius 3 is 2.83 bits per heavy atom. The molecule has 2 rings (SSSR count). The van der Waals surface area contributed by atoms with Crippen molar-refractivity contribution in [2.75, 3.05) is 0 Å². The summed E-state index contributed by atoms with van der Waals surface area (Å²) >= 11 is 0. The summed E-state index contributed by atoms with van der Waals surface area (Å²) in [6.45, 7) is 0.441. The lowest BCUT2D eigenvalue weighted by Crippen LogP contribution is -2.41. The predicted octanol–water partition coefficient (Wildman–Crippen LogP) is 2.17. The predicted molar refractivity (Wildman–Crippen MR) is 67.2 cm³/mol. The molecule has 4 heteroatoms. The number of nitriles is 1. The van der Waals surface area contributed by atoms with Gasteiger partial charge in [-0.3, -0.25) is 9.78 Å². The maximum Gasteiger partial charge on any atom is 0.240 e. The number of carbonyl (C=O) groups is 1. The molecule has 94 valence electrons. The minimum absolute atomic E-state index is 0.131. The number of pyridine rings is 1. The molecule has 0 atom stereocenters. The molecule has 1 aromatic heterocycles. The van der Waals surface area contributed by atoms with Crippen LogP contribution in [-0.4, -0.2) is 10.9 Å². The Bertz CT molecular complexity index is 444. The third-order valence-electron chi connectivity index (χ3n) is 3.53. The van der Waals surface area contributed by atoms with Crippen molar-refractivity contribution in [1.29, 1.82) is 5.26 Å². The van der Waals surface area contributed by atoms with Crippen molar-refractivity contribution in [2.24, 2.45) is 5.41 Å². The summed E-state index contributed by atoms with van der Waals surface area (Å²) in [6, 6.07) is 5.97. The van der Waals surface area contributed by atoms with Crippen molar-refractivity contribution in [3.05, 3.63) is 30.1 Å². The summed E-state index contributed by atoms with van der Waals surface area (Å²) in [5, 5.41) is 12.1. The van der Waals surface area contributed by atoms with Crippen molar-refractivity contribution < 1.29 is 4.79 Å². The highest BCUT2D eigenvalue weighted by atomic mass is 16.2. The van der Waals surface area contributed by atoms with Crippen LogP contribution >= 0.6 is 0 Å². The molecule has 0 radical (unpaired) electrons. The minimum Gasteiger partial charge on any atom is -0.351 e. The van der Waals surface area contributed by atoms with Crippen LogP contribution in [0.4, 0.5) is 0 Å². The number of carbonyl (C=O) groups excluding carboxylic acids is 1.